The van der Waals surface area contributed by atoms with Crippen LogP contribution < -0.4 is 0 Å². The summed E-state index contributed by atoms with van der Waals surface area (Å²) >= 11 is 0. The molecule has 4 nitrogen and oxygen atoms in total. The van der Waals surface area contributed by atoms with Gasteiger partial charge in [-0.3, -0.25) is 5.10 Å². The van der Waals surface area contributed by atoms with E-state index in [1.807, 2.05) is 30.3 Å². The molecule has 0 saturated heterocycles. The predicted octanol–water partition coefficient (Wildman–Crippen LogP) is 1.62. The van der Waals surface area contributed by atoms with Crippen molar-refractivity contribution in [2.75, 3.05) is 7.11 Å². The molecule has 0 aliphatic carbocycles. The van der Waals surface area contributed by atoms with Crippen LogP contribution in [0.2, 0.25) is 0 Å². The number of hydrogen-bond donors (Lipinski definition) is 1. The van der Waals surface area contributed by atoms with Gasteiger partial charge in [0.1, 0.15) is 6.61 Å². The van der Waals surface area contributed by atoms with Crippen molar-refractivity contribution >= 4 is 0 Å². The first-order valence-electron chi connectivity index (χ1n) is 4.36. The maximum atomic E-state index is 4.94. The smallest absolute Gasteiger partial charge is 0.181 e. The number of aromatic nitrogens is 3. The lowest BCUT2D eigenvalue weighted by atomic mass is 10.2. The highest BCUT2D eigenvalue weighted by molar-refractivity contribution is 5.53. The highest BCUT2D eigenvalue weighted by Gasteiger charge is 2.03. The Bertz CT molecular complexity index is 397. The molecule has 2 rings (SSSR count). The summed E-state index contributed by atoms with van der Waals surface area (Å²) in [5.74, 6) is 1.45. The van der Waals surface area contributed by atoms with Crippen molar-refractivity contribution in [2.24, 2.45) is 0 Å². The normalized spacial score (nSPS) is 10.4. The quantitative estimate of drug-likeness (QED) is 0.798. The minimum absolute atomic E-state index is 0.458. The van der Waals surface area contributed by atoms with E-state index in [2.05, 4.69) is 15.2 Å². The Morgan fingerprint density at radius 1 is 1.29 bits per heavy atom. The molecule has 0 unspecified atom stereocenters. The van der Waals surface area contributed by atoms with Crippen LogP contribution in [-0.2, 0) is 11.3 Å². The van der Waals surface area contributed by atoms with Crippen molar-refractivity contribution in [1.82, 2.24) is 15.2 Å². The van der Waals surface area contributed by atoms with Crippen LogP contribution in [-0.4, -0.2) is 22.3 Å². The summed E-state index contributed by atoms with van der Waals surface area (Å²) in [6.07, 6.45) is 0. The average molecular weight is 189 g/mol. The molecule has 1 aromatic heterocycles. The molecule has 2 aromatic rings. The molecule has 0 bridgehead atoms. The van der Waals surface area contributed by atoms with Gasteiger partial charge in [0, 0.05) is 12.7 Å². The molecule has 1 N–H and O–H groups in total. The summed E-state index contributed by atoms with van der Waals surface area (Å²) in [7, 11) is 1.63. The fourth-order valence-electron chi connectivity index (χ4n) is 1.21. The lowest BCUT2D eigenvalue weighted by Gasteiger charge is -1.92. The minimum atomic E-state index is 0.458. The number of methoxy groups -OCH3 is 1. The van der Waals surface area contributed by atoms with E-state index < -0.39 is 0 Å². The zero-order valence-electron chi connectivity index (χ0n) is 7.90. The summed E-state index contributed by atoms with van der Waals surface area (Å²) in [5.41, 5.74) is 1.01. The van der Waals surface area contributed by atoms with Gasteiger partial charge < -0.3 is 4.74 Å². The Hall–Kier alpha value is -1.68. The van der Waals surface area contributed by atoms with E-state index in [-0.39, 0.29) is 0 Å². The molecule has 0 aliphatic rings. The number of rotatable bonds is 3. The summed E-state index contributed by atoms with van der Waals surface area (Å²) in [5, 5.41) is 6.91. The molecule has 1 heterocycles. The van der Waals surface area contributed by atoms with Crippen molar-refractivity contribution < 1.29 is 4.74 Å². The van der Waals surface area contributed by atoms with Crippen LogP contribution in [0.1, 0.15) is 5.82 Å². The van der Waals surface area contributed by atoms with Crippen molar-refractivity contribution in [3.8, 4) is 11.4 Å². The van der Waals surface area contributed by atoms with Gasteiger partial charge in [0.25, 0.3) is 0 Å². The van der Waals surface area contributed by atoms with Crippen molar-refractivity contribution in [3.63, 3.8) is 0 Å². The fraction of sp³-hybridized carbons (Fsp3) is 0.200. The Labute approximate surface area is 81.9 Å². The van der Waals surface area contributed by atoms with E-state index in [1.165, 1.54) is 0 Å². The minimum Gasteiger partial charge on any atom is -0.377 e. The van der Waals surface area contributed by atoms with Gasteiger partial charge in [0.2, 0.25) is 0 Å². The van der Waals surface area contributed by atoms with Crippen LogP contribution in [0.15, 0.2) is 30.3 Å². The van der Waals surface area contributed by atoms with Gasteiger partial charge in [0.05, 0.1) is 0 Å². The largest absolute Gasteiger partial charge is 0.377 e. The summed E-state index contributed by atoms with van der Waals surface area (Å²) in [4.78, 5) is 4.28. The van der Waals surface area contributed by atoms with Gasteiger partial charge >= 0.3 is 0 Å². The number of ether oxygens (including phenoxy) is 1. The third kappa shape index (κ3) is 1.80. The zero-order chi connectivity index (χ0) is 9.80. The van der Waals surface area contributed by atoms with Crippen LogP contribution in [0.3, 0.4) is 0 Å². The van der Waals surface area contributed by atoms with Crippen molar-refractivity contribution in [3.05, 3.63) is 36.2 Å². The Kier molecular flexibility index (Phi) is 2.55. The van der Waals surface area contributed by atoms with Crippen molar-refractivity contribution in [1.29, 1.82) is 0 Å². The second-order valence-electron chi connectivity index (χ2n) is 2.90. The van der Waals surface area contributed by atoms with Crippen molar-refractivity contribution in [2.45, 2.75) is 6.61 Å². The molecule has 0 atom stereocenters. The van der Waals surface area contributed by atoms with Crippen LogP contribution in [0.25, 0.3) is 11.4 Å². The molecule has 0 saturated carbocycles. The second kappa shape index (κ2) is 4.02. The number of aromatic amines is 1. The van der Waals surface area contributed by atoms with E-state index >= 15 is 0 Å². The van der Waals surface area contributed by atoms with Crippen LogP contribution in [0.5, 0.6) is 0 Å². The number of hydrogen-bond acceptors (Lipinski definition) is 3. The van der Waals surface area contributed by atoms with Crippen LogP contribution in [0, 0.1) is 0 Å². The number of benzene rings is 1. The second-order valence-corrected chi connectivity index (χ2v) is 2.90. The molecular weight excluding hydrogens is 178 g/mol. The van der Waals surface area contributed by atoms with E-state index in [0.717, 1.165) is 11.4 Å². The molecule has 1 aromatic carbocycles. The first kappa shape index (κ1) is 8.90. The molecule has 72 valence electrons. The molecule has 0 radical (unpaired) electrons. The highest BCUT2D eigenvalue weighted by Crippen LogP contribution is 2.13. The van der Waals surface area contributed by atoms with Gasteiger partial charge in [-0.1, -0.05) is 30.3 Å². The third-order valence-corrected chi connectivity index (χ3v) is 1.84. The first-order chi connectivity index (χ1) is 6.90. The van der Waals surface area contributed by atoms with Crippen LogP contribution in [0.4, 0.5) is 0 Å². The Morgan fingerprint density at radius 3 is 2.79 bits per heavy atom. The average Bonchev–Trinajstić information content (AvgIpc) is 2.68. The third-order valence-electron chi connectivity index (χ3n) is 1.84. The van der Waals surface area contributed by atoms with Gasteiger partial charge in [0.15, 0.2) is 11.6 Å². The molecule has 0 fully saturated rings. The highest BCUT2D eigenvalue weighted by atomic mass is 16.5. The first-order valence-corrected chi connectivity index (χ1v) is 4.36. The van der Waals surface area contributed by atoms with E-state index in [9.17, 15) is 0 Å². The summed E-state index contributed by atoms with van der Waals surface area (Å²) in [6, 6.07) is 9.83. The van der Waals surface area contributed by atoms with Crippen LogP contribution >= 0.6 is 0 Å². The lowest BCUT2D eigenvalue weighted by Crippen LogP contribution is -1.89. The number of H-pyrrole nitrogens is 1. The zero-order valence-corrected chi connectivity index (χ0v) is 7.90. The van der Waals surface area contributed by atoms with E-state index in [0.29, 0.717) is 12.4 Å². The maximum Gasteiger partial charge on any atom is 0.181 e. The Morgan fingerprint density at radius 2 is 2.07 bits per heavy atom. The SMILES string of the molecule is COCc1nc(-c2ccccc2)n[nH]1. The molecule has 0 aliphatic heterocycles. The van der Waals surface area contributed by atoms with Gasteiger partial charge in [-0.05, 0) is 0 Å². The lowest BCUT2D eigenvalue weighted by molar-refractivity contribution is 0.178. The summed E-state index contributed by atoms with van der Waals surface area (Å²) in [6.45, 7) is 0.458. The van der Waals surface area contributed by atoms with E-state index in [4.69, 9.17) is 4.74 Å². The van der Waals surface area contributed by atoms with Gasteiger partial charge in [-0.2, -0.15) is 5.10 Å². The predicted molar refractivity (Wildman–Crippen MR) is 52.5 cm³/mol. The number of nitrogens with one attached hydrogen (secondary N) is 1. The van der Waals surface area contributed by atoms with Gasteiger partial charge in [-0.25, -0.2) is 4.98 Å². The molecule has 0 spiro atoms. The molecule has 0 amide bonds. The number of nitrogens with zero attached hydrogens (tertiary/aromatic N) is 2. The molecule has 4 heteroatoms. The topological polar surface area (TPSA) is 50.8 Å². The van der Waals surface area contributed by atoms with Gasteiger partial charge in [-0.15, -0.1) is 0 Å². The standard InChI is InChI=1S/C10H11N3O/c1-14-7-9-11-10(13-12-9)8-5-3-2-4-6-8/h2-6H,7H2,1H3,(H,11,12,13). The summed E-state index contributed by atoms with van der Waals surface area (Å²) < 4.78 is 4.94. The molecular formula is C10H11N3O. The Balaban J connectivity index is 2.25. The monoisotopic (exact) mass is 189 g/mol. The maximum absolute atomic E-state index is 4.94. The fourth-order valence-corrected chi connectivity index (χ4v) is 1.21. The molecule has 14 heavy (non-hydrogen) atoms. The van der Waals surface area contributed by atoms with E-state index in [1.54, 1.807) is 7.11 Å².